The molecule has 4 heteroatoms. The van der Waals surface area contributed by atoms with Gasteiger partial charge in [0.1, 0.15) is 24.7 Å². The molecule has 2 aromatic rings. The van der Waals surface area contributed by atoms with Gasteiger partial charge in [-0.2, -0.15) is 0 Å². The average molecular weight is 287 g/mol. The summed E-state index contributed by atoms with van der Waals surface area (Å²) in [5, 5.41) is 11.9. The number of ether oxygens (including phenoxy) is 1. The van der Waals surface area contributed by atoms with Gasteiger partial charge in [-0.15, -0.1) is 0 Å². The zero-order valence-electron chi connectivity index (χ0n) is 11.8. The molecule has 3 nitrogen and oxygen atoms in total. The predicted molar refractivity (Wildman–Crippen MR) is 78.4 cm³/mol. The molecule has 0 spiro atoms. The van der Waals surface area contributed by atoms with Crippen LogP contribution in [0.2, 0.25) is 0 Å². The van der Waals surface area contributed by atoms with Crippen LogP contribution < -0.4 is 9.80 Å². The van der Waals surface area contributed by atoms with E-state index in [1.54, 1.807) is 6.07 Å². The number of hydrogen-bond acceptors (Lipinski definition) is 2. The topological polar surface area (TPSA) is 36.7 Å². The van der Waals surface area contributed by atoms with Crippen LogP contribution in [-0.2, 0) is 19.6 Å². The lowest BCUT2D eigenvalue weighted by Crippen LogP contribution is -3.05. The third-order valence-corrected chi connectivity index (χ3v) is 3.76. The molecule has 0 saturated heterocycles. The van der Waals surface area contributed by atoms with Crippen LogP contribution in [0.3, 0.4) is 0 Å². The van der Waals surface area contributed by atoms with Crippen molar-refractivity contribution in [2.75, 3.05) is 6.54 Å². The molecule has 0 bridgehead atoms. The molecule has 0 saturated carbocycles. The second kappa shape index (κ2) is 6.24. The van der Waals surface area contributed by atoms with E-state index in [9.17, 15) is 9.60 Å². The first-order valence-electron chi connectivity index (χ1n) is 7.21. The molecule has 110 valence electrons. The van der Waals surface area contributed by atoms with Crippen molar-refractivity contribution in [3.8, 4) is 5.75 Å². The Hall–Kier alpha value is -1.91. The van der Waals surface area contributed by atoms with E-state index in [2.05, 4.69) is 0 Å². The number of fused-ring (bicyclic) bond motifs is 1. The second-order valence-corrected chi connectivity index (χ2v) is 5.42. The smallest absolute Gasteiger partial charge is 0.123 e. The molecule has 3 rings (SSSR count). The lowest BCUT2D eigenvalue weighted by Gasteiger charge is -2.20. The average Bonchev–Trinajstić information content (AvgIpc) is 2.65. The predicted octanol–water partition coefficient (Wildman–Crippen LogP) is 2.23. The Kier molecular flexibility index (Phi) is 4.18. The van der Waals surface area contributed by atoms with E-state index in [1.165, 1.54) is 17.7 Å². The molecular formula is C17H18FNO2. The Morgan fingerprint density at radius 3 is 2.90 bits per heavy atom. The molecule has 0 aliphatic carbocycles. The summed E-state index contributed by atoms with van der Waals surface area (Å²) in [6.45, 7) is 1.53. The molecule has 1 N–H and O–H groups in total. The fourth-order valence-electron chi connectivity index (χ4n) is 2.67. The Bertz CT molecular complexity index is 630. The second-order valence-electron chi connectivity index (χ2n) is 5.42. The summed E-state index contributed by atoms with van der Waals surface area (Å²) in [6, 6.07) is 12.3. The van der Waals surface area contributed by atoms with E-state index in [0.717, 1.165) is 29.7 Å². The number of quaternary nitrogens is 1. The molecule has 0 radical (unpaired) electrons. The minimum atomic E-state index is -0.253. The highest BCUT2D eigenvalue weighted by Gasteiger charge is 2.13. The third kappa shape index (κ3) is 3.60. The van der Waals surface area contributed by atoms with Crippen LogP contribution in [0, 0.1) is 11.0 Å². The molecule has 0 amide bonds. The fraction of sp³-hybridized carbons (Fsp3) is 0.294. The van der Waals surface area contributed by atoms with Crippen molar-refractivity contribution in [3.63, 3.8) is 0 Å². The first-order valence-corrected chi connectivity index (χ1v) is 7.21. The summed E-state index contributed by atoms with van der Waals surface area (Å²) < 4.78 is 18.8. The molecule has 1 atom stereocenters. The summed E-state index contributed by atoms with van der Waals surface area (Å²) in [5.74, 6) is 0.518. The van der Waals surface area contributed by atoms with Crippen molar-refractivity contribution in [2.45, 2.75) is 26.0 Å². The molecule has 2 aromatic carbocycles. The summed E-state index contributed by atoms with van der Waals surface area (Å²) in [4.78, 5) is 0. The molecule has 0 aromatic heterocycles. The Labute approximate surface area is 123 Å². The van der Waals surface area contributed by atoms with E-state index in [0.29, 0.717) is 24.8 Å². The largest absolute Gasteiger partial charge is 0.634 e. The van der Waals surface area contributed by atoms with Crippen molar-refractivity contribution in [2.24, 2.45) is 0 Å². The third-order valence-electron chi connectivity index (χ3n) is 3.76. The highest BCUT2D eigenvalue weighted by molar-refractivity contribution is 5.36. The van der Waals surface area contributed by atoms with Crippen molar-refractivity contribution < 1.29 is 14.2 Å². The number of hydrogen-bond donors (Lipinski definition) is 1. The van der Waals surface area contributed by atoms with Gasteiger partial charge in [-0.25, -0.2) is 4.39 Å². The number of hydroxylamine groups is 2. The van der Waals surface area contributed by atoms with Gasteiger partial charge in [-0.3, -0.25) is 0 Å². The lowest BCUT2D eigenvalue weighted by atomic mass is 10.0. The highest BCUT2D eigenvalue weighted by Crippen LogP contribution is 2.21. The van der Waals surface area contributed by atoms with Gasteiger partial charge >= 0.3 is 0 Å². The zero-order chi connectivity index (χ0) is 14.7. The summed E-state index contributed by atoms with van der Waals surface area (Å²) in [7, 11) is 0. The maximum atomic E-state index is 13.1. The number of nitrogens with one attached hydrogen (secondary N) is 1. The zero-order valence-corrected chi connectivity index (χ0v) is 11.8. The Morgan fingerprint density at radius 2 is 2.05 bits per heavy atom. The van der Waals surface area contributed by atoms with E-state index >= 15 is 0 Å². The highest BCUT2D eigenvalue weighted by atomic mass is 19.1. The monoisotopic (exact) mass is 287 g/mol. The van der Waals surface area contributed by atoms with Gasteiger partial charge in [0.2, 0.25) is 0 Å². The van der Waals surface area contributed by atoms with Gasteiger partial charge in [0.25, 0.3) is 0 Å². The number of aryl methyl sites for hydroxylation is 1. The number of benzene rings is 2. The van der Waals surface area contributed by atoms with E-state index in [4.69, 9.17) is 4.74 Å². The van der Waals surface area contributed by atoms with E-state index in [1.807, 2.05) is 24.3 Å². The molecule has 21 heavy (non-hydrogen) atoms. The number of rotatable bonds is 3. The van der Waals surface area contributed by atoms with Crippen molar-refractivity contribution >= 4 is 0 Å². The van der Waals surface area contributed by atoms with Gasteiger partial charge in [0, 0.05) is 12.0 Å². The van der Waals surface area contributed by atoms with Crippen LogP contribution in [-0.4, -0.2) is 6.54 Å². The standard InChI is InChI=1S/C17H18FNO2/c18-16-5-1-3-13(9-16)12-21-17-7-6-15-11-19(20)8-2-4-14(15)10-17/h1,3,5-7,9-10,19H,2,4,8,11-12H2. The number of halogens is 1. The molecular weight excluding hydrogens is 269 g/mol. The summed E-state index contributed by atoms with van der Waals surface area (Å²) >= 11 is 0. The lowest BCUT2D eigenvalue weighted by molar-refractivity contribution is -0.862. The quantitative estimate of drug-likeness (QED) is 0.879. The molecule has 1 aliphatic heterocycles. The minimum absolute atomic E-state index is 0.253. The SMILES string of the molecule is [O-][NH+]1CCCc2cc(OCc3cccc(F)c3)ccc2C1. The molecule has 1 aliphatic rings. The van der Waals surface area contributed by atoms with Gasteiger partial charge < -0.3 is 15.0 Å². The van der Waals surface area contributed by atoms with Gasteiger partial charge in [-0.1, -0.05) is 12.1 Å². The Balaban J connectivity index is 1.71. The fourth-order valence-corrected chi connectivity index (χ4v) is 2.67. The summed E-state index contributed by atoms with van der Waals surface area (Å²) in [6.07, 6.45) is 1.82. The van der Waals surface area contributed by atoms with Crippen LogP contribution in [0.4, 0.5) is 4.39 Å². The maximum Gasteiger partial charge on any atom is 0.123 e. The van der Waals surface area contributed by atoms with Crippen LogP contribution in [0.25, 0.3) is 0 Å². The van der Waals surface area contributed by atoms with E-state index < -0.39 is 0 Å². The molecule has 0 fully saturated rings. The maximum absolute atomic E-state index is 13.1. The normalized spacial score (nSPS) is 17.9. The van der Waals surface area contributed by atoms with Gasteiger partial charge in [-0.05, 0) is 47.9 Å². The van der Waals surface area contributed by atoms with Crippen molar-refractivity contribution in [1.82, 2.24) is 0 Å². The summed E-state index contributed by atoms with van der Waals surface area (Å²) in [5.41, 5.74) is 3.10. The first-order chi connectivity index (χ1) is 10.2. The van der Waals surface area contributed by atoms with Crippen LogP contribution >= 0.6 is 0 Å². The minimum Gasteiger partial charge on any atom is -0.634 e. The Morgan fingerprint density at radius 1 is 1.14 bits per heavy atom. The molecule has 1 unspecified atom stereocenters. The van der Waals surface area contributed by atoms with Gasteiger partial charge in [0.15, 0.2) is 0 Å². The van der Waals surface area contributed by atoms with Gasteiger partial charge in [0.05, 0.1) is 6.54 Å². The van der Waals surface area contributed by atoms with E-state index in [-0.39, 0.29) is 5.82 Å². The van der Waals surface area contributed by atoms with Crippen molar-refractivity contribution in [1.29, 1.82) is 0 Å². The first kappa shape index (κ1) is 14.0. The van der Waals surface area contributed by atoms with Crippen LogP contribution in [0.15, 0.2) is 42.5 Å². The van der Waals surface area contributed by atoms with Crippen LogP contribution in [0.5, 0.6) is 5.75 Å². The van der Waals surface area contributed by atoms with Crippen molar-refractivity contribution in [3.05, 3.63) is 70.2 Å². The van der Waals surface area contributed by atoms with Crippen LogP contribution in [0.1, 0.15) is 23.1 Å². The molecule has 1 heterocycles.